The Morgan fingerprint density at radius 2 is 1.36 bits per heavy atom. The Morgan fingerprint density at radius 3 is 2.00 bits per heavy atom. The molecule has 2 aliphatic rings. The first-order valence-electron chi connectivity index (χ1n) is 8.36. The molecule has 5 heteroatoms. The Hall–Kier alpha value is -2.79. The number of rotatable bonds is 1. The van der Waals surface area contributed by atoms with Crippen LogP contribution in [-0.4, -0.2) is 60.5 Å². The summed E-state index contributed by atoms with van der Waals surface area (Å²) in [7, 11) is 2.03. The highest BCUT2D eigenvalue weighted by molar-refractivity contribution is 6.28. The molecule has 1 fully saturated rings. The maximum Gasteiger partial charge on any atom is 0.253 e. The van der Waals surface area contributed by atoms with Crippen LogP contribution in [0.4, 0.5) is 0 Å². The van der Waals surface area contributed by atoms with Gasteiger partial charge in [-0.15, -0.1) is 0 Å². The van der Waals surface area contributed by atoms with Crippen LogP contribution in [0.15, 0.2) is 42.5 Å². The van der Waals surface area contributed by atoms with Crippen molar-refractivity contribution < 1.29 is 14.4 Å². The predicted octanol–water partition coefficient (Wildman–Crippen LogP) is 1.85. The topological polar surface area (TPSA) is 57.7 Å². The molecular formula is C20H18N2O3. The summed E-state index contributed by atoms with van der Waals surface area (Å²) in [5.41, 5.74) is 1.99. The maximum atomic E-state index is 12.8. The normalized spacial score (nSPS) is 17.2. The second-order valence-electron chi connectivity index (χ2n) is 6.56. The van der Waals surface area contributed by atoms with E-state index in [9.17, 15) is 14.4 Å². The Balaban J connectivity index is 1.69. The maximum absolute atomic E-state index is 12.8. The highest BCUT2D eigenvalue weighted by atomic mass is 16.2. The van der Waals surface area contributed by atoms with E-state index in [-0.39, 0.29) is 17.5 Å². The minimum absolute atomic E-state index is 0.0880. The fourth-order valence-corrected chi connectivity index (χ4v) is 3.42. The zero-order valence-corrected chi connectivity index (χ0v) is 14.0. The summed E-state index contributed by atoms with van der Waals surface area (Å²) in [4.78, 5) is 42.1. The molecule has 0 radical (unpaired) electrons. The van der Waals surface area contributed by atoms with Crippen molar-refractivity contribution in [2.75, 3.05) is 33.2 Å². The molecule has 1 aliphatic heterocycles. The molecule has 0 atom stereocenters. The molecule has 5 nitrogen and oxygen atoms in total. The summed E-state index contributed by atoms with van der Waals surface area (Å²) < 4.78 is 0. The molecular weight excluding hydrogens is 316 g/mol. The third-order valence-corrected chi connectivity index (χ3v) is 4.96. The Labute approximate surface area is 145 Å². The minimum Gasteiger partial charge on any atom is -0.336 e. The van der Waals surface area contributed by atoms with Crippen LogP contribution in [0.3, 0.4) is 0 Å². The van der Waals surface area contributed by atoms with Gasteiger partial charge >= 0.3 is 0 Å². The standard InChI is InChI=1S/C20H18N2O3/c1-21-8-10-22(11-9-21)20(25)13-6-7-16-17(12-13)19(24)15-5-3-2-4-14(15)18(16)23/h2-7,12H,8-11H2,1H3. The van der Waals surface area contributed by atoms with Crippen molar-refractivity contribution in [1.29, 1.82) is 0 Å². The first kappa shape index (κ1) is 15.7. The molecule has 1 saturated heterocycles. The van der Waals surface area contributed by atoms with Gasteiger partial charge in [0.05, 0.1) is 0 Å². The zero-order chi connectivity index (χ0) is 17.6. The highest BCUT2D eigenvalue weighted by Crippen LogP contribution is 2.28. The number of likely N-dealkylation sites (N-methyl/N-ethyl adjacent to an activating group) is 1. The Morgan fingerprint density at radius 1 is 0.800 bits per heavy atom. The third-order valence-electron chi connectivity index (χ3n) is 4.96. The van der Waals surface area contributed by atoms with Gasteiger partial charge in [-0.3, -0.25) is 14.4 Å². The lowest BCUT2D eigenvalue weighted by Gasteiger charge is -2.32. The van der Waals surface area contributed by atoms with E-state index >= 15 is 0 Å². The van der Waals surface area contributed by atoms with Gasteiger partial charge in [-0.1, -0.05) is 24.3 Å². The number of benzene rings is 2. The summed E-state index contributed by atoms with van der Waals surface area (Å²) >= 11 is 0. The monoisotopic (exact) mass is 334 g/mol. The van der Waals surface area contributed by atoms with Crippen LogP contribution in [0, 0.1) is 0 Å². The van der Waals surface area contributed by atoms with Gasteiger partial charge in [0.2, 0.25) is 0 Å². The number of fused-ring (bicyclic) bond motifs is 2. The first-order valence-corrected chi connectivity index (χ1v) is 8.36. The molecule has 126 valence electrons. The van der Waals surface area contributed by atoms with E-state index in [1.54, 1.807) is 47.4 Å². The fraction of sp³-hybridized carbons (Fsp3) is 0.250. The van der Waals surface area contributed by atoms with E-state index in [1.807, 2.05) is 7.05 Å². The second-order valence-corrected chi connectivity index (χ2v) is 6.56. The number of hydrogen-bond acceptors (Lipinski definition) is 4. The zero-order valence-electron chi connectivity index (χ0n) is 14.0. The molecule has 0 spiro atoms. The summed E-state index contributed by atoms with van der Waals surface area (Å²) in [5, 5.41) is 0. The Bertz CT molecular complexity index is 896. The quantitative estimate of drug-likeness (QED) is 0.681. The van der Waals surface area contributed by atoms with Crippen molar-refractivity contribution in [1.82, 2.24) is 9.80 Å². The van der Waals surface area contributed by atoms with Gasteiger partial charge in [0.25, 0.3) is 5.91 Å². The minimum atomic E-state index is -0.196. The van der Waals surface area contributed by atoms with Crippen molar-refractivity contribution in [3.05, 3.63) is 70.3 Å². The molecule has 2 aromatic rings. The van der Waals surface area contributed by atoms with E-state index < -0.39 is 0 Å². The molecule has 4 rings (SSSR count). The summed E-state index contributed by atoms with van der Waals surface area (Å²) in [6, 6.07) is 11.7. The van der Waals surface area contributed by atoms with E-state index in [0.717, 1.165) is 13.1 Å². The highest BCUT2D eigenvalue weighted by Gasteiger charge is 2.30. The van der Waals surface area contributed by atoms with E-state index in [4.69, 9.17) is 0 Å². The van der Waals surface area contributed by atoms with Crippen LogP contribution >= 0.6 is 0 Å². The summed E-state index contributed by atoms with van der Waals surface area (Å²) in [6.07, 6.45) is 0. The third kappa shape index (κ3) is 2.57. The van der Waals surface area contributed by atoms with Crippen LogP contribution in [-0.2, 0) is 0 Å². The second kappa shape index (κ2) is 5.93. The number of amides is 1. The molecule has 1 amide bonds. The molecule has 2 aromatic carbocycles. The van der Waals surface area contributed by atoms with Crippen molar-refractivity contribution in [2.45, 2.75) is 0 Å². The number of nitrogens with zero attached hydrogens (tertiary/aromatic N) is 2. The lowest BCUT2D eigenvalue weighted by atomic mass is 9.83. The van der Waals surface area contributed by atoms with E-state index in [2.05, 4.69) is 4.90 Å². The van der Waals surface area contributed by atoms with Crippen LogP contribution in [0.1, 0.15) is 42.2 Å². The van der Waals surface area contributed by atoms with Crippen LogP contribution in [0.5, 0.6) is 0 Å². The fourth-order valence-electron chi connectivity index (χ4n) is 3.42. The van der Waals surface area contributed by atoms with E-state index in [1.165, 1.54) is 0 Å². The van der Waals surface area contributed by atoms with Gasteiger partial charge < -0.3 is 9.80 Å². The van der Waals surface area contributed by atoms with Crippen LogP contribution in [0.25, 0.3) is 0 Å². The lowest BCUT2D eigenvalue weighted by Crippen LogP contribution is -2.47. The number of carbonyl (C=O) groups is 3. The number of piperazine rings is 1. The van der Waals surface area contributed by atoms with Crippen molar-refractivity contribution in [2.24, 2.45) is 0 Å². The average Bonchev–Trinajstić information content (AvgIpc) is 2.66. The first-order chi connectivity index (χ1) is 12.1. The molecule has 25 heavy (non-hydrogen) atoms. The van der Waals surface area contributed by atoms with Gasteiger partial charge in [0.15, 0.2) is 11.6 Å². The van der Waals surface area contributed by atoms with Gasteiger partial charge in [0.1, 0.15) is 0 Å². The largest absolute Gasteiger partial charge is 0.336 e. The number of hydrogen-bond donors (Lipinski definition) is 0. The summed E-state index contributed by atoms with van der Waals surface area (Å²) in [5.74, 6) is -0.447. The predicted molar refractivity (Wildman–Crippen MR) is 93.1 cm³/mol. The van der Waals surface area contributed by atoms with Gasteiger partial charge in [-0.25, -0.2) is 0 Å². The molecule has 0 N–H and O–H groups in total. The lowest BCUT2D eigenvalue weighted by molar-refractivity contribution is 0.0663. The smallest absolute Gasteiger partial charge is 0.253 e. The molecule has 1 aliphatic carbocycles. The SMILES string of the molecule is CN1CCN(C(=O)c2ccc3c(c2)C(=O)c2ccccc2C3=O)CC1. The van der Waals surface area contributed by atoms with Crippen molar-refractivity contribution in [3.63, 3.8) is 0 Å². The number of carbonyl (C=O) groups excluding carboxylic acids is 3. The van der Waals surface area contributed by atoms with Crippen LogP contribution in [0.2, 0.25) is 0 Å². The molecule has 0 aromatic heterocycles. The molecule has 0 saturated carbocycles. The van der Waals surface area contributed by atoms with Crippen LogP contribution < -0.4 is 0 Å². The van der Waals surface area contributed by atoms with Gasteiger partial charge in [0, 0.05) is 54.0 Å². The van der Waals surface area contributed by atoms with Crippen molar-refractivity contribution >= 4 is 17.5 Å². The molecule has 1 heterocycles. The van der Waals surface area contributed by atoms with Crippen molar-refractivity contribution in [3.8, 4) is 0 Å². The van der Waals surface area contributed by atoms with Gasteiger partial charge in [-0.05, 0) is 25.2 Å². The summed E-state index contributed by atoms with van der Waals surface area (Å²) in [6.45, 7) is 3.01. The van der Waals surface area contributed by atoms with Gasteiger partial charge in [-0.2, -0.15) is 0 Å². The number of ketones is 2. The molecule has 0 bridgehead atoms. The Kier molecular flexibility index (Phi) is 3.73. The van der Waals surface area contributed by atoms with E-state index in [0.29, 0.717) is 40.9 Å². The average molecular weight is 334 g/mol. The molecule has 0 unspecified atom stereocenters.